The molecule has 0 spiro atoms. The van der Waals surface area contributed by atoms with E-state index < -0.39 is 0 Å². The lowest BCUT2D eigenvalue weighted by atomic mass is 10.1. The van der Waals surface area contributed by atoms with Crippen LogP contribution in [0.4, 0.5) is 5.69 Å². The molecular formula is C21H26N4O2. The number of para-hydroxylation sites is 1. The smallest absolute Gasteiger partial charge is 0.222 e. The molecule has 27 heavy (non-hydrogen) atoms. The Hall–Kier alpha value is -2.86. The third-order valence-electron chi connectivity index (χ3n) is 4.65. The third-order valence-corrected chi connectivity index (χ3v) is 4.65. The van der Waals surface area contributed by atoms with E-state index in [4.69, 9.17) is 10.5 Å². The molecular weight excluding hydrogens is 340 g/mol. The van der Waals surface area contributed by atoms with Crippen molar-refractivity contribution in [1.82, 2.24) is 4.90 Å². The van der Waals surface area contributed by atoms with Crippen LogP contribution in [0.3, 0.4) is 0 Å². The highest BCUT2D eigenvalue weighted by Gasteiger charge is 2.20. The average Bonchev–Trinajstić information content (AvgIpc) is 3.07. The SMILES string of the molecule is COCc1ccccc1NC(N)=NCc1ccccc1CN1CCCC1=O. The Morgan fingerprint density at radius 1 is 1.15 bits per heavy atom. The summed E-state index contributed by atoms with van der Waals surface area (Å²) in [6, 6.07) is 15.9. The Morgan fingerprint density at radius 3 is 2.56 bits per heavy atom. The molecule has 2 aromatic rings. The molecule has 0 aromatic heterocycles. The van der Waals surface area contributed by atoms with Gasteiger partial charge in [-0.2, -0.15) is 0 Å². The Labute approximate surface area is 160 Å². The van der Waals surface area contributed by atoms with E-state index in [-0.39, 0.29) is 5.91 Å². The summed E-state index contributed by atoms with van der Waals surface area (Å²) in [7, 11) is 1.66. The van der Waals surface area contributed by atoms with Crippen molar-refractivity contribution in [3.63, 3.8) is 0 Å². The highest BCUT2D eigenvalue weighted by molar-refractivity contribution is 5.93. The van der Waals surface area contributed by atoms with Crippen LogP contribution in [0.2, 0.25) is 0 Å². The predicted molar refractivity (Wildman–Crippen MR) is 107 cm³/mol. The number of likely N-dealkylation sites (tertiary alicyclic amines) is 1. The molecule has 3 rings (SSSR count). The number of hydrogen-bond donors (Lipinski definition) is 2. The van der Waals surface area contributed by atoms with Crippen molar-refractivity contribution >= 4 is 17.6 Å². The van der Waals surface area contributed by atoms with Crippen LogP contribution in [0, 0.1) is 0 Å². The maximum Gasteiger partial charge on any atom is 0.222 e. The van der Waals surface area contributed by atoms with E-state index in [0.29, 0.717) is 32.1 Å². The Bertz CT molecular complexity index is 819. The molecule has 6 nitrogen and oxygen atoms in total. The van der Waals surface area contributed by atoms with E-state index in [1.165, 1.54) is 0 Å². The first-order chi connectivity index (χ1) is 13.2. The van der Waals surface area contributed by atoms with Crippen molar-refractivity contribution in [3.05, 3.63) is 65.2 Å². The number of ether oxygens (including phenoxy) is 1. The molecule has 0 saturated carbocycles. The maximum absolute atomic E-state index is 11.9. The van der Waals surface area contributed by atoms with Gasteiger partial charge in [0.1, 0.15) is 0 Å². The number of rotatable bonds is 7. The first kappa shape index (κ1) is 18.9. The summed E-state index contributed by atoms with van der Waals surface area (Å²) in [5, 5.41) is 3.15. The van der Waals surface area contributed by atoms with Gasteiger partial charge in [0.2, 0.25) is 5.91 Å². The molecule has 0 aliphatic carbocycles. The lowest BCUT2D eigenvalue weighted by molar-refractivity contribution is -0.128. The third kappa shape index (κ3) is 5.08. The van der Waals surface area contributed by atoms with Crippen LogP contribution < -0.4 is 11.1 Å². The van der Waals surface area contributed by atoms with Crippen LogP contribution in [0.15, 0.2) is 53.5 Å². The zero-order chi connectivity index (χ0) is 19.1. The van der Waals surface area contributed by atoms with Gasteiger partial charge in [0.25, 0.3) is 0 Å². The standard InChI is InChI=1S/C21H26N4O2/c1-27-15-18-9-4-5-10-19(18)24-21(22)23-13-16-7-2-3-8-17(16)14-25-12-6-11-20(25)26/h2-5,7-10H,6,11-15H2,1H3,(H3,22,23,24). The number of nitrogens with one attached hydrogen (secondary N) is 1. The van der Waals surface area contributed by atoms with Crippen LogP contribution >= 0.6 is 0 Å². The Morgan fingerprint density at radius 2 is 1.85 bits per heavy atom. The van der Waals surface area contributed by atoms with Crippen molar-refractivity contribution < 1.29 is 9.53 Å². The molecule has 1 fully saturated rings. The fourth-order valence-corrected chi connectivity index (χ4v) is 3.21. The molecule has 142 valence electrons. The Balaban J connectivity index is 1.68. The number of hydrogen-bond acceptors (Lipinski definition) is 3. The van der Waals surface area contributed by atoms with Gasteiger partial charge < -0.3 is 20.7 Å². The summed E-state index contributed by atoms with van der Waals surface area (Å²) in [6.07, 6.45) is 1.59. The van der Waals surface area contributed by atoms with Crippen molar-refractivity contribution in [3.8, 4) is 0 Å². The largest absolute Gasteiger partial charge is 0.380 e. The summed E-state index contributed by atoms with van der Waals surface area (Å²) >= 11 is 0. The van der Waals surface area contributed by atoms with Gasteiger partial charge in [-0.05, 0) is 23.6 Å². The molecule has 1 amide bonds. The van der Waals surface area contributed by atoms with Crippen molar-refractivity contribution in [1.29, 1.82) is 0 Å². The topological polar surface area (TPSA) is 80.0 Å². The van der Waals surface area contributed by atoms with Gasteiger partial charge in [-0.15, -0.1) is 0 Å². The van der Waals surface area contributed by atoms with Gasteiger partial charge in [0.15, 0.2) is 5.96 Å². The maximum atomic E-state index is 11.9. The second kappa shape index (κ2) is 9.19. The molecule has 2 aromatic carbocycles. The number of nitrogens with zero attached hydrogens (tertiary/aromatic N) is 2. The number of carbonyl (C=O) groups is 1. The molecule has 0 unspecified atom stereocenters. The normalized spacial score (nSPS) is 14.6. The predicted octanol–water partition coefficient (Wildman–Crippen LogP) is 2.88. The highest BCUT2D eigenvalue weighted by Crippen LogP contribution is 2.18. The molecule has 0 bridgehead atoms. The number of aliphatic imine (C=N–C) groups is 1. The zero-order valence-electron chi connectivity index (χ0n) is 15.6. The summed E-state index contributed by atoms with van der Waals surface area (Å²) in [4.78, 5) is 18.3. The molecule has 1 aliphatic rings. The van der Waals surface area contributed by atoms with Gasteiger partial charge >= 0.3 is 0 Å². The van der Waals surface area contributed by atoms with Crippen LogP contribution in [-0.4, -0.2) is 30.4 Å². The van der Waals surface area contributed by atoms with Gasteiger partial charge in [0, 0.05) is 37.9 Å². The molecule has 0 radical (unpaired) electrons. The minimum atomic E-state index is 0.226. The highest BCUT2D eigenvalue weighted by atomic mass is 16.5. The summed E-state index contributed by atoms with van der Waals surface area (Å²) < 4.78 is 5.21. The second-order valence-corrected chi connectivity index (χ2v) is 6.60. The zero-order valence-corrected chi connectivity index (χ0v) is 15.6. The summed E-state index contributed by atoms with van der Waals surface area (Å²) in [6.45, 7) is 2.43. The number of anilines is 1. The van der Waals surface area contributed by atoms with Gasteiger partial charge in [-0.3, -0.25) is 4.79 Å². The molecule has 6 heteroatoms. The number of guanidine groups is 1. The molecule has 1 saturated heterocycles. The van der Waals surface area contributed by atoms with E-state index in [1.807, 2.05) is 53.4 Å². The van der Waals surface area contributed by atoms with Crippen molar-refractivity contribution in [2.45, 2.75) is 32.5 Å². The lowest BCUT2D eigenvalue weighted by Gasteiger charge is -2.17. The van der Waals surface area contributed by atoms with Gasteiger partial charge in [-0.25, -0.2) is 4.99 Å². The van der Waals surface area contributed by atoms with Crippen LogP contribution in [-0.2, 0) is 29.2 Å². The number of nitrogens with two attached hydrogens (primary N) is 1. The molecule has 1 heterocycles. The van der Waals surface area contributed by atoms with E-state index in [2.05, 4.69) is 10.3 Å². The first-order valence-electron chi connectivity index (χ1n) is 9.15. The van der Waals surface area contributed by atoms with Gasteiger partial charge in [-0.1, -0.05) is 42.5 Å². The Kier molecular flexibility index (Phi) is 6.44. The first-order valence-corrected chi connectivity index (χ1v) is 9.15. The second-order valence-electron chi connectivity index (χ2n) is 6.60. The minimum absolute atomic E-state index is 0.226. The van der Waals surface area contributed by atoms with Crippen molar-refractivity contribution in [2.24, 2.45) is 10.7 Å². The molecule has 0 atom stereocenters. The summed E-state index contributed by atoms with van der Waals surface area (Å²) in [5.41, 5.74) is 10.2. The van der Waals surface area contributed by atoms with E-state index in [1.54, 1.807) is 7.11 Å². The van der Waals surface area contributed by atoms with Crippen LogP contribution in [0.25, 0.3) is 0 Å². The van der Waals surface area contributed by atoms with E-state index in [9.17, 15) is 4.79 Å². The molecule has 3 N–H and O–H groups in total. The average molecular weight is 366 g/mol. The van der Waals surface area contributed by atoms with E-state index >= 15 is 0 Å². The fourth-order valence-electron chi connectivity index (χ4n) is 3.21. The summed E-state index contributed by atoms with van der Waals surface area (Å²) in [5.74, 6) is 0.579. The lowest BCUT2D eigenvalue weighted by Crippen LogP contribution is -2.25. The quantitative estimate of drug-likeness (QED) is 0.583. The number of benzene rings is 2. The number of carbonyl (C=O) groups excluding carboxylic acids is 1. The fraction of sp³-hybridized carbons (Fsp3) is 0.333. The van der Waals surface area contributed by atoms with Crippen molar-refractivity contribution in [2.75, 3.05) is 19.0 Å². The molecule has 1 aliphatic heterocycles. The monoisotopic (exact) mass is 366 g/mol. The van der Waals surface area contributed by atoms with Crippen LogP contribution in [0.5, 0.6) is 0 Å². The minimum Gasteiger partial charge on any atom is -0.380 e. The number of amides is 1. The van der Waals surface area contributed by atoms with E-state index in [0.717, 1.165) is 35.3 Å². The van der Waals surface area contributed by atoms with Gasteiger partial charge in [0.05, 0.1) is 13.2 Å². The van der Waals surface area contributed by atoms with Crippen LogP contribution in [0.1, 0.15) is 29.5 Å². The number of methoxy groups -OCH3 is 1.